The van der Waals surface area contributed by atoms with Gasteiger partial charge in [0, 0.05) is 25.0 Å². The highest BCUT2D eigenvalue weighted by atomic mass is 19.1. The van der Waals surface area contributed by atoms with Crippen LogP contribution in [0.15, 0.2) is 24.5 Å². The van der Waals surface area contributed by atoms with Gasteiger partial charge in [0.2, 0.25) is 0 Å². The molecule has 0 radical (unpaired) electrons. The lowest BCUT2D eigenvalue weighted by Crippen LogP contribution is -2.27. The Kier molecular flexibility index (Phi) is 4.30. The molecule has 1 atom stereocenters. The molecule has 3 aromatic heterocycles. The first kappa shape index (κ1) is 17.8. The van der Waals surface area contributed by atoms with Crippen molar-refractivity contribution in [2.24, 2.45) is 0 Å². The Balaban J connectivity index is 1.67. The molecule has 0 aliphatic carbocycles. The van der Waals surface area contributed by atoms with E-state index in [0.717, 1.165) is 55.7 Å². The fourth-order valence-electron chi connectivity index (χ4n) is 4.37. The number of aromatic nitrogens is 4. The molecule has 2 bridgehead atoms. The Morgan fingerprint density at radius 2 is 2.17 bits per heavy atom. The molecule has 5 heterocycles. The van der Waals surface area contributed by atoms with Crippen molar-refractivity contribution in [1.29, 1.82) is 0 Å². The quantitative estimate of drug-likeness (QED) is 0.605. The van der Waals surface area contributed by atoms with Crippen LogP contribution in [-0.4, -0.2) is 38.6 Å². The standard InChI is InChI=1S/C20H22FN7O/c21-12-10-13-14(24-11-12)4-1-2-7-23-20(29)17-18(22)26-28-9-6-16(25-19(17)28)27-8-3-5-15(13)27/h6,9-11,15H,1-5,7-8H2,(H2,22,26)(H,23,29)/t15-/m1/s1. The fraction of sp³-hybridized carbons (Fsp3) is 0.400. The zero-order chi connectivity index (χ0) is 20.0. The highest BCUT2D eigenvalue weighted by molar-refractivity contribution is 6.04. The summed E-state index contributed by atoms with van der Waals surface area (Å²) in [6, 6.07) is 3.47. The van der Waals surface area contributed by atoms with Crippen LogP contribution >= 0.6 is 0 Å². The van der Waals surface area contributed by atoms with Crippen molar-refractivity contribution >= 4 is 23.2 Å². The van der Waals surface area contributed by atoms with E-state index in [9.17, 15) is 9.18 Å². The summed E-state index contributed by atoms with van der Waals surface area (Å²) in [6.07, 6.45) is 7.30. The van der Waals surface area contributed by atoms with Crippen molar-refractivity contribution < 1.29 is 9.18 Å². The van der Waals surface area contributed by atoms with Crippen LogP contribution in [0.2, 0.25) is 0 Å². The molecule has 8 nitrogen and oxygen atoms in total. The molecule has 29 heavy (non-hydrogen) atoms. The maximum Gasteiger partial charge on any atom is 0.258 e. The summed E-state index contributed by atoms with van der Waals surface area (Å²) < 4.78 is 15.6. The van der Waals surface area contributed by atoms with Crippen LogP contribution in [0.4, 0.5) is 16.0 Å². The highest BCUT2D eigenvalue weighted by Crippen LogP contribution is 2.37. The zero-order valence-electron chi connectivity index (χ0n) is 15.9. The maximum atomic E-state index is 14.1. The molecule has 3 N–H and O–H groups in total. The number of carbonyl (C=O) groups is 1. The first-order valence-corrected chi connectivity index (χ1v) is 9.96. The topological polar surface area (TPSA) is 101 Å². The number of rotatable bonds is 0. The second kappa shape index (κ2) is 6.98. The number of hydrogen-bond donors (Lipinski definition) is 2. The van der Waals surface area contributed by atoms with Crippen molar-refractivity contribution in [3.05, 3.63) is 47.2 Å². The second-order valence-electron chi connectivity index (χ2n) is 7.57. The van der Waals surface area contributed by atoms with E-state index in [-0.39, 0.29) is 23.6 Å². The first-order valence-electron chi connectivity index (χ1n) is 9.96. The zero-order valence-corrected chi connectivity index (χ0v) is 15.9. The molecule has 0 saturated carbocycles. The normalized spacial score (nSPS) is 19.7. The lowest BCUT2D eigenvalue weighted by atomic mass is 9.99. The van der Waals surface area contributed by atoms with E-state index in [2.05, 4.69) is 20.3 Å². The van der Waals surface area contributed by atoms with Gasteiger partial charge in [-0.25, -0.2) is 13.9 Å². The van der Waals surface area contributed by atoms with Crippen LogP contribution in [0.3, 0.4) is 0 Å². The van der Waals surface area contributed by atoms with Crippen LogP contribution < -0.4 is 16.0 Å². The number of amides is 1. The largest absolute Gasteiger partial charge is 0.381 e. The van der Waals surface area contributed by atoms with Crippen LogP contribution in [0.5, 0.6) is 0 Å². The Morgan fingerprint density at radius 1 is 1.28 bits per heavy atom. The number of anilines is 2. The first-order chi connectivity index (χ1) is 14.1. The van der Waals surface area contributed by atoms with E-state index in [1.54, 1.807) is 12.3 Å². The minimum atomic E-state index is -0.321. The summed E-state index contributed by atoms with van der Waals surface area (Å²) >= 11 is 0. The van der Waals surface area contributed by atoms with Crippen molar-refractivity contribution in [3.63, 3.8) is 0 Å². The molecule has 1 fully saturated rings. The molecule has 0 unspecified atom stereocenters. The molecule has 9 heteroatoms. The maximum absolute atomic E-state index is 14.1. The van der Waals surface area contributed by atoms with Gasteiger partial charge in [0.05, 0.1) is 12.2 Å². The highest BCUT2D eigenvalue weighted by Gasteiger charge is 2.31. The van der Waals surface area contributed by atoms with Gasteiger partial charge in [-0.2, -0.15) is 0 Å². The Hall–Kier alpha value is -3.23. The monoisotopic (exact) mass is 395 g/mol. The molecule has 0 aromatic carbocycles. The number of nitrogens with one attached hydrogen (secondary N) is 1. The minimum absolute atomic E-state index is 0.00337. The number of aryl methyl sites for hydroxylation is 1. The summed E-state index contributed by atoms with van der Waals surface area (Å²) in [7, 11) is 0. The molecule has 2 aliphatic rings. The van der Waals surface area contributed by atoms with Gasteiger partial charge < -0.3 is 16.0 Å². The average molecular weight is 395 g/mol. The second-order valence-corrected chi connectivity index (χ2v) is 7.57. The van der Waals surface area contributed by atoms with Crippen molar-refractivity contribution in [3.8, 4) is 0 Å². The van der Waals surface area contributed by atoms with Gasteiger partial charge in [-0.05, 0) is 49.8 Å². The molecule has 1 saturated heterocycles. The molecule has 1 amide bonds. The smallest absolute Gasteiger partial charge is 0.258 e. The van der Waals surface area contributed by atoms with E-state index >= 15 is 0 Å². The average Bonchev–Trinajstić information content (AvgIpc) is 3.31. The van der Waals surface area contributed by atoms with Crippen molar-refractivity contribution in [2.75, 3.05) is 23.7 Å². The molecular formula is C20H22FN7O. The van der Waals surface area contributed by atoms with Gasteiger partial charge in [0.25, 0.3) is 5.91 Å². The van der Waals surface area contributed by atoms with Crippen LogP contribution in [0, 0.1) is 5.82 Å². The molecule has 150 valence electrons. The molecule has 2 aliphatic heterocycles. The number of nitrogens with zero attached hydrogens (tertiary/aromatic N) is 5. The predicted octanol–water partition coefficient (Wildman–Crippen LogP) is 2.25. The Labute approximate surface area is 166 Å². The number of fused-ring (bicyclic) bond motifs is 5. The summed E-state index contributed by atoms with van der Waals surface area (Å²) in [4.78, 5) is 24.0. The van der Waals surface area contributed by atoms with Gasteiger partial charge in [-0.15, -0.1) is 5.10 Å². The predicted molar refractivity (Wildman–Crippen MR) is 106 cm³/mol. The van der Waals surface area contributed by atoms with E-state index in [4.69, 9.17) is 10.7 Å². The molecule has 5 rings (SSSR count). The Bertz CT molecular complexity index is 1100. The third-order valence-electron chi connectivity index (χ3n) is 5.73. The van der Waals surface area contributed by atoms with E-state index in [1.807, 2.05) is 6.07 Å². The molecular weight excluding hydrogens is 373 g/mol. The summed E-state index contributed by atoms with van der Waals surface area (Å²) in [5.41, 5.74) is 8.59. The minimum Gasteiger partial charge on any atom is -0.381 e. The summed E-state index contributed by atoms with van der Waals surface area (Å²) in [5, 5.41) is 7.13. The summed E-state index contributed by atoms with van der Waals surface area (Å²) in [5.74, 6) is 0.297. The van der Waals surface area contributed by atoms with Gasteiger partial charge in [0.1, 0.15) is 17.2 Å². The SMILES string of the molecule is Nc1nn2ccc3nc2c1C(=O)NCCCCc1ncc(F)cc1[C@H]1CCCN31. The Morgan fingerprint density at radius 3 is 3.07 bits per heavy atom. The van der Waals surface area contributed by atoms with Crippen molar-refractivity contribution in [1.82, 2.24) is 24.9 Å². The summed E-state index contributed by atoms with van der Waals surface area (Å²) in [6.45, 7) is 1.32. The van der Waals surface area contributed by atoms with Gasteiger partial charge >= 0.3 is 0 Å². The third kappa shape index (κ3) is 3.06. The van der Waals surface area contributed by atoms with Gasteiger partial charge in [-0.3, -0.25) is 9.78 Å². The third-order valence-corrected chi connectivity index (χ3v) is 5.73. The number of carbonyl (C=O) groups excluding carboxylic acids is 1. The van der Waals surface area contributed by atoms with E-state index in [0.29, 0.717) is 17.8 Å². The number of pyridine rings is 1. The van der Waals surface area contributed by atoms with E-state index in [1.165, 1.54) is 10.7 Å². The van der Waals surface area contributed by atoms with Crippen LogP contribution in [-0.2, 0) is 6.42 Å². The van der Waals surface area contributed by atoms with Crippen LogP contribution in [0.1, 0.15) is 53.3 Å². The van der Waals surface area contributed by atoms with Gasteiger partial charge in [0.15, 0.2) is 11.5 Å². The van der Waals surface area contributed by atoms with Crippen LogP contribution in [0.25, 0.3) is 5.65 Å². The molecule has 3 aromatic rings. The van der Waals surface area contributed by atoms with Crippen molar-refractivity contribution in [2.45, 2.75) is 38.1 Å². The number of halogens is 1. The van der Waals surface area contributed by atoms with Gasteiger partial charge in [-0.1, -0.05) is 0 Å². The fourth-order valence-corrected chi connectivity index (χ4v) is 4.37. The number of nitrogen functional groups attached to an aromatic ring is 1. The lowest BCUT2D eigenvalue weighted by molar-refractivity contribution is 0.0955. The van der Waals surface area contributed by atoms with E-state index < -0.39 is 0 Å². The number of hydrogen-bond acceptors (Lipinski definition) is 6. The lowest BCUT2D eigenvalue weighted by Gasteiger charge is -2.27. The molecule has 0 spiro atoms. The number of nitrogens with two attached hydrogens (primary N) is 1.